The molecule has 1 nitrogen and oxygen atoms in total. The van der Waals surface area contributed by atoms with Crippen molar-refractivity contribution in [3.63, 3.8) is 0 Å². The molecule has 0 aromatic heterocycles. The van der Waals surface area contributed by atoms with E-state index in [-0.39, 0.29) is 5.41 Å². The highest BCUT2D eigenvalue weighted by atomic mass is 16.3. The van der Waals surface area contributed by atoms with Gasteiger partial charge in [-0.1, -0.05) is 32.4 Å². The first-order chi connectivity index (χ1) is 7.39. The molecule has 0 amide bonds. The summed E-state index contributed by atoms with van der Waals surface area (Å²) in [5.41, 5.74) is 0.984. The van der Waals surface area contributed by atoms with Gasteiger partial charge in [0.25, 0.3) is 0 Å². The molecule has 0 heterocycles. The highest BCUT2D eigenvalue weighted by Gasteiger charge is 2.55. The van der Waals surface area contributed by atoms with Gasteiger partial charge in [0.1, 0.15) is 0 Å². The molecule has 0 radical (unpaired) electrons. The van der Waals surface area contributed by atoms with E-state index in [1.807, 2.05) is 0 Å². The Morgan fingerprint density at radius 2 is 2.00 bits per heavy atom. The Balaban J connectivity index is 2.26. The highest BCUT2D eigenvalue weighted by molar-refractivity contribution is 5.11. The molecule has 2 aliphatic carbocycles. The molecular formula is C15H26O. The van der Waals surface area contributed by atoms with Crippen LogP contribution in [0.3, 0.4) is 0 Å². The summed E-state index contributed by atoms with van der Waals surface area (Å²) in [4.78, 5) is 0. The topological polar surface area (TPSA) is 20.2 Å². The van der Waals surface area contributed by atoms with Crippen LogP contribution < -0.4 is 0 Å². The molecule has 92 valence electrons. The van der Waals surface area contributed by atoms with E-state index in [9.17, 15) is 5.11 Å². The number of allylic oxidation sites excluding steroid dienone is 1. The summed E-state index contributed by atoms with van der Waals surface area (Å²) in [7, 11) is 0. The maximum Gasteiger partial charge on any atom is 0.0732 e. The number of aliphatic hydroxyl groups is 1. The number of hydrogen-bond donors (Lipinski definition) is 1. The largest absolute Gasteiger partial charge is 0.389 e. The van der Waals surface area contributed by atoms with E-state index < -0.39 is 5.60 Å². The van der Waals surface area contributed by atoms with Gasteiger partial charge in [-0.2, -0.15) is 0 Å². The van der Waals surface area contributed by atoms with Crippen LogP contribution in [0.2, 0.25) is 0 Å². The fraction of sp³-hybridized carbons (Fsp3) is 0.867. The van der Waals surface area contributed by atoms with Crippen LogP contribution in [0.5, 0.6) is 0 Å². The van der Waals surface area contributed by atoms with Crippen molar-refractivity contribution in [2.75, 3.05) is 0 Å². The first-order valence-electron chi connectivity index (χ1n) is 6.77. The number of rotatable bonds is 1. The lowest BCUT2D eigenvalue weighted by Crippen LogP contribution is -2.57. The summed E-state index contributed by atoms with van der Waals surface area (Å²) < 4.78 is 0. The van der Waals surface area contributed by atoms with Crippen LogP contribution in [0.15, 0.2) is 12.2 Å². The summed E-state index contributed by atoms with van der Waals surface area (Å²) in [6.07, 6.45) is 7.02. The van der Waals surface area contributed by atoms with Crippen LogP contribution >= 0.6 is 0 Å². The zero-order valence-corrected chi connectivity index (χ0v) is 11.1. The molecule has 0 unspecified atom stereocenters. The summed E-state index contributed by atoms with van der Waals surface area (Å²) in [6.45, 7) is 10.7. The fourth-order valence-electron chi connectivity index (χ4n) is 4.03. The van der Waals surface area contributed by atoms with Crippen LogP contribution in [-0.4, -0.2) is 10.7 Å². The average Bonchev–Trinajstić information content (AvgIpc) is 2.20. The Kier molecular flexibility index (Phi) is 2.94. The van der Waals surface area contributed by atoms with Gasteiger partial charge in [-0.3, -0.25) is 0 Å². The van der Waals surface area contributed by atoms with E-state index in [0.717, 1.165) is 6.42 Å². The van der Waals surface area contributed by atoms with E-state index in [1.165, 1.54) is 37.7 Å². The molecule has 4 atom stereocenters. The standard InChI is InChI=1S/C15H26O/c1-11(2)13-7-9-14(4)8-5-6-12(3)15(14,16)10-13/h12-13,16H,1,5-10H2,2-4H3/t12-,13+,14+,15+/m0/s1. The third kappa shape index (κ3) is 1.64. The summed E-state index contributed by atoms with van der Waals surface area (Å²) in [6, 6.07) is 0. The lowest BCUT2D eigenvalue weighted by molar-refractivity contribution is -0.173. The van der Waals surface area contributed by atoms with E-state index in [0.29, 0.717) is 11.8 Å². The van der Waals surface area contributed by atoms with E-state index in [4.69, 9.17) is 0 Å². The third-order valence-electron chi connectivity index (χ3n) is 5.53. The van der Waals surface area contributed by atoms with Crippen LogP contribution in [0, 0.1) is 17.3 Å². The molecule has 1 N–H and O–H groups in total. The van der Waals surface area contributed by atoms with Gasteiger partial charge >= 0.3 is 0 Å². The zero-order chi connectivity index (χ0) is 12.0. The molecule has 2 fully saturated rings. The van der Waals surface area contributed by atoms with Gasteiger partial charge in [0.05, 0.1) is 5.60 Å². The number of hydrogen-bond acceptors (Lipinski definition) is 1. The summed E-state index contributed by atoms with van der Waals surface area (Å²) in [5, 5.41) is 11.1. The average molecular weight is 222 g/mol. The minimum atomic E-state index is -0.437. The van der Waals surface area contributed by atoms with Crippen molar-refractivity contribution in [3.05, 3.63) is 12.2 Å². The zero-order valence-electron chi connectivity index (χ0n) is 11.1. The molecule has 2 rings (SSSR count). The second kappa shape index (κ2) is 3.87. The Labute approximate surface area is 99.9 Å². The molecule has 0 bridgehead atoms. The highest BCUT2D eigenvalue weighted by Crippen LogP contribution is 2.57. The minimum Gasteiger partial charge on any atom is -0.389 e. The van der Waals surface area contributed by atoms with Gasteiger partial charge in [0.15, 0.2) is 0 Å². The maximum absolute atomic E-state index is 11.1. The van der Waals surface area contributed by atoms with Gasteiger partial charge in [-0.05, 0) is 56.3 Å². The van der Waals surface area contributed by atoms with E-state index in [2.05, 4.69) is 27.4 Å². The van der Waals surface area contributed by atoms with Gasteiger partial charge in [0, 0.05) is 0 Å². The third-order valence-corrected chi connectivity index (χ3v) is 5.53. The minimum absolute atomic E-state index is 0.163. The van der Waals surface area contributed by atoms with Gasteiger partial charge in [0.2, 0.25) is 0 Å². The van der Waals surface area contributed by atoms with Gasteiger partial charge < -0.3 is 5.11 Å². The van der Waals surface area contributed by atoms with Crippen molar-refractivity contribution >= 4 is 0 Å². The second-order valence-electron chi connectivity index (χ2n) is 6.56. The Morgan fingerprint density at radius 1 is 1.31 bits per heavy atom. The molecule has 16 heavy (non-hydrogen) atoms. The maximum atomic E-state index is 11.1. The first-order valence-corrected chi connectivity index (χ1v) is 6.77. The van der Waals surface area contributed by atoms with Crippen molar-refractivity contribution in [1.29, 1.82) is 0 Å². The molecular weight excluding hydrogens is 196 g/mol. The lowest BCUT2D eigenvalue weighted by atomic mass is 9.51. The molecule has 0 aromatic rings. The predicted octanol–water partition coefficient (Wildman–Crippen LogP) is 3.92. The molecule has 1 heteroatoms. The van der Waals surface area contributed by atoms with E-state index in [1.54, 1.807) is 0 Å². The Bertz CT molecular complexity index is 296. The van der Waals surface area contributed by atoms with Crippen LogP contribution in [-0.2, 0) is 0 Å². The smallest absolute Gasteiger partial charge is 0.0732 e. The predicted molar refractivity (Wildman–Crippen MR) is 68.2 cm³/mol. The molecule has 0 saturated heterocycles. The first kappa shape index (κ1) is 12.2. The second-order valence-corrected chi connectivity index (χ2v) is 6.56. The van der Waals surface area contributed by atoms with Crippen LogP contribution in [0.1, 0.15) is 59.3 Å². The van der Waals surface area contributed by atoms with Crippen molar-refractivity contribution in [2.45, 2.75) is 64.9 Å². The van der Waals surface area contributed by atoms with Crippen molar-refractivity contribution < 1.29 is 5.11 Å². The molecule has 0 aromatic carbocycles. The lowest BCUT2D eigenvalue weighted by Gasteiger charge is -2.57. The fourth-order valence-corrected chi connectivity index (χ4v) is 4.03. The normalized spacial score (nSPS) is 48.5. The van der Waals surface area contributed by atoms with Crippen molar-refractivity contribution in [1.82, 2.24) is 0 Å². The summed E-state index contributed by atoms with van der Waals surface area (Å²) in [5.74, 6) is 0.993. The van der Waals surface area contributed by atoms with Gasteiger partial charge in [-0.25, -0.2) is 0 Å². The summed E-state index contributed by atoms with van der Waals surface area (Å²) >= 11 is 0. The monoisotopic (exact) mass is 222 g/mol. The SMILES string of the molecule is C=C(C)[C@@H]1CC[C@@]2(C)CCC[C@H](C)[C@]2(O)C1. The van der Waals surface area contributed by atoms with Crippen molar-refractivity contribution in [3.8, 4) is 0 Å². The number of fused-ring (bicyclic) bond motifs is 1. The quantitative estimate of drug-likeness (QED) is 0.667. The Hall–Kier alpha value is -0.300. The molecule has 0 spiro atoms. The van der Waals surface area contributed by atoms with E-state index >= 15 is 0 Å². The van der Waals surface area contributed by atoms with Crippen molar-refractivity contribution in [2.24, 2.45) is 17.3 Å². The molecule has 2 aliphatic rings. The molecule has 0 aliphatic heterocycles. The molecule has 2 saturated carbocycles. The van der Waals surface area contributed by atoms with Crippen LogP contribution in [0.4, 0.5) is 0 Å². The Morgan fingerprint density at radius 3 is 2.62 bits per heavy atom. The van der Waals surface area contributed by atoms with Crippen LogP contribution in [0.25, 0.3) is 0 Å². The van der Waals surface area contributed by atoms with Gasteiger partial charge in [-0.15, -0.1) is 0 Å².